The molecule has 0 heterocycles. The van der Waals surface area contributed by atoms with Gasteiger partial charge in [0.05, 0.1) is 25.7 Å². The van der Waals surface area contributed by atoms with E-state index in [1.54, 1.807) is 33.4 Å². The van der Waals surface area contributed by atoms with Crippen LogP contribution in [0, 0.1) is 10.1 Å². The van der Waals surface area contributed by atoms with Crippen molar-refractivity contribution in [1.29, 1.82) is 0 Å². The van der Waals surface area contributed by atoms with E-state index >= 15 is 0 Å². The first-order valence-electron chi connectivity index (χ1n) is 9.39. The molecule has 0 atom stereocenters. The Morgan fingerprint density at radius 2 is 1.83 bits per heavy atom. The Morgan fingerprint density at radius 3 is 2.38 bits per heavy atom. The van der Waals surface area contributed by atoms with Gasteiger partial charge in [0.2, 0.25) is 5.91 Å². The number of methoxy groups -OCH3 is 2. The van der Waals surface area contributed by atoms with E-state index in [1.807, 2.05) is 18.2 Å². The SMILES string of the molecule is COc1ccc(OC)c(CN(CC(=O)N(C)c2ccc([N+](=O)[O-])cc2)C2CC2)c1. The zero-order valence-corrected chi connectivity index (χ0v) is 16.8. The maximum absolute atomic E-state index is 12.9. The van der Waals surface area contributed by atoms with Crippen molar-refractivity contribution in [3.8, 4) is 11.5 Å². The average Bonchev–Trinajstić information content (AvgIpc) is 3.58. The van der Waals surface area contributed by atoms with Crippen molar-refractivity contribution in [2.75, 3.05) is 32.7 Å². The zero-order valence-electron chi connectivity index (χ0n) is 16.8. The third-order valence-corrected chi connectivity index (χ3v) is 5.08. The lowest BCUT2D eigenvalue weighted by atomic mass is 10.1. The van der Waals surface area contributed by atoms with Crippen LogP contribution in [0.5, 0.6) is 11.5 Å². The molecule has 0 unspecified atom stereocenters. The number of nitro groups is 1. The van der Waals surface area contributed by atoms with Crippen molar-refractivity contribution in [1.82, 2.24) is 4.90 Å². The number of hydrogen-bond acceptors (Lipinski definition) is 6. The summed E-state index contributed by atoms with van der Waals surface area (Å²) >= 11 is 0. The van der Waals surface area contributed by atoms with Gasteiger partial charge in [-0.05, 0) is 43.2 Å². The first kappa shape index (κ1) is 20.6. The van der Waals surface area contributed by atoms with E-state index in [-0.39, 0.29) is 18.1 Å². The predicted molar refractivity (Wildman–Crippen MR) is 109 cm³/mol. The molecule has 1 saturated carbocycles. The van der Waals surface area contributed by atoms with Crippen LogP contribution in [0.4, 0.5) is 11.4 Å². The number of non-ortho nitro benzene ring substituents is 1. The summed E-state index contributed by atoms with van der Waals surface area (Å²) in [7, 11) is 4.92. The molecule has 1 fully saturated rings. The number of benzene rings is 2. The van der Waals surface area contributed by atoms with Crippen LogP contribution in [0.3, 0.4) is 0 Å². The van der Waals surface area contributed by atoms with Crippen LogP contribution in [0.25, 0.3) is 0 Å². The van der Waals surface area contributed by atoms with Gasteiger partial charge in [0, 0.05) is 43.0 Å². The number of likely N-dealkylation sites (N-methyl/N-ethyl adjacent to an activating group) is 1. The van der Waals surface area contributed by atoms with Crippen LogP contribution in [-0.2, 0) is 11.3 Å². The standard InChI is InChI=1S/C21H25N3O5/c1-22(16-4-8-18(9-5-16)24(26)27)21(25)14-23(17-6-7-17)13-15-12-19(28-2)10-11-20(15)29-3/h4-5,8-12,17H,6-7,13-14H2,1-3H3. The third kappa shape index (κ3) is 5.03. The highest BCUT2D eigenvalue weighted by Gasteiger charge is 2.32. The van der Waals surface area contributed by atoms with Crippen LogP contribution >= 0.6 is 0 Å². The fourth-order valence-electron chi connectivity index (χ4n) is 3.20. The quantitative estimate of drug-likeness (QED) is 0.475. The Hall–Kier alpha value is -3.13. The predicted octanol–water partition coefficient (Wildman–Crippen LogP) is 3.24. The fourth-order valence-corrected chi connectivity index (χ4v) is 3.20. The Morgan fingerprint density at radius 1 is 1.14 bits per heavy atom. The molecule has 0 saturated heterocycles. The number of anilines is 1. The second kappa shape index (κ2) is 8.91. The number of ether oxygens (including phenoxy) is 2. The van der Waals surface area contributed by atoms with Crippen molar-refractivity contribution in [2.24, 2.45) is 0 Å². The summed E-state index contributed by atoms with van der Waals surface area (Å²) < 4.78 is 10.8. The Kier molecular flexibility index (Phi) is 6.33. The van der Waals surface area contributed by atoms with Gasteiger partial charge in [0.25, 0.3) is 5.69 Å². The van der Waals surface area contributed by atoms with Crippen LogP contribution in [-0.4, -0.2) is 49.6 Å². The van der Waals surface area contributed by atoms with Gasteiger partial charge in [-0.15, -0.1) is 0 Å². The molecule has 0 spiro atoms. The molecular weight excluding hydrogens is 374 g/mol. The Balaban J connectivity index is 1.72. The first-order chi connectivity index (χ1) is 13.9. The number of amides is 1. The third-order valence-electron chi connectivity index (χ3n) is 5.08. The van der Waals surface area contributed by atoms with E-state index in [0.29, 0.717) is 18.3 Å². The van der Waals surface area contributed by atoms with Gasteiger partial charge >= 0.3 is 0 Å². The number of carbonyl (C=O) groups excluding carboxylic acids is 1. The molecule has 1 aliphatic carbocycles. The summed E-state index contributed by atoms with van der Waals surface area (Å²) in [4.78, 5) is 26.9. The number of nitrogens with zero attached hydrogens (tertiary/aromatic N) is 3. The van der Waals surface area contributed by atoms with Gasteiger partial charge in [-0.3, -0.25) is 19.8 Å². The van der Waals surface area contributed by atoms with E-state index in [0.717, 1.165) is 29.9 Å². The lowest BCUT2D eigenvalue weighted by Crippen LogP contribution is -2.39. The van der Waals surface area contributed by atoms with Crippen molar-refractivity contribution in [2.45, 2.75) is 25.4 Å². The van der Waals surface area contributed by atoms with Gasteiger partial charge in [-0.25, -0.2) is 0 Å². The second-order valence-corrected chi connectivity index (χ2v) is 7.04. The van der Waals surface area contributed by atoms with E-state index < -0.39 is 4.92 Å². The minimum Gasteiger partial charge on any atom is -0.497 e. The highest BCUT2D eigenvalue weighted by atomic mass is 16.6. The van der Waals surface area contributed by atoms with Crippen molar-refractivity contribution in [3.63, 3.8) is 0 Å². The molecule has 29 heavy (non-hydrogen) atoms. The van der Waals surface area contributed by atoms with Gasteiger partial charge in [-0.2, -0.15) is 0 Å². The molecule has 8 nitrogen and oxygen atoms in total. The lowest BCUT2D eigenvalue weighted by molar-refractivity contribution is -0.384. The largest absolute Gasteiger partial charge is 0.497 e. The number of nitro benzene ring substituents is 1. The van der Waals surface area contributed by atoms with Gasteiger partial charge in [0.1, 0.15) is 11.5 Å². The molecule has 3 rings (SSSR count). The number of carbonyl (C=O) groups is 1. The van der Waals surface area contributed by atoms with Crippen LogP contribution in [0.1, 0.15) is 18.4 Å². The molecule has 0 bridgehead atoms. The lowest BCUT2D eigenvalue weighted by Gasteiger charge is -2.26. The number of hydrogen-bond donors (Lipinski definition) is 0. The maximum Gasteiger partial charge on any atom is 0.269 e. The average molecular weight is 399 g/mol. The minimum absolute atomic E-state index is 0.000624. The molecule has 0 radical (unpaired) electrons. The zero-order chi connectivity index (χ0) is 21.0. The minimum atomic E-state index is -0.456. The summed E-state index contributed by atoms with van der Waals surface area (Å²) in [5.41, 5.74) is 1.58. The fraction of sp³-hybridized carbons (Fsp3) is 0.381. The van der Waals surface area contributed by atoms with Crippen LogP contribution in [0.2, 0.25) is 0 Å². The normalized spacial score (nSPS) is 13.2. The van der Waals surface area contributed by atoms with Gasteiger partial charge < -0.3 is 14.4 Å². The van der Waals surface area contributed by atoms with E-state index in [2.05, 4.69) is 4.90 Å². The molecule has 2 aromatic carbocycles. The van der Waals surface area contributed by atoms with Crippen molar-refractivity contribution < 1.29 is 19.2 Å². The summed E-state index contributed by atoms with van der Waals surface area (Å²) in [6.07, 6.45) is 2.11. The molecule has 8 heteroatoms. The molecule has 1 aliphatic rings. The molecule has 1 amide bonds. The summed E-state index contributed by atoms with van der Waals surface area (Å²) in [6, 6.07) is 12.0. The van der Waals surface area contributed by atoms with Crippen molar-refractivity contribution >= 4 is 17.3 Å². The Labute approximate surface area is 169 Å². The van der Waals surface area contributed by atoms with Gasteiger partial charge in [-0.1, -0.05) is 0 Å². The summed E-state index contributed by atoms with van der Waals surface area (Å²) in [5.74, 6) is 1.42. The van der Waals surface area contributed by atoms with Crippen molar-refractivity contribution in [3.05, 3.63) is 58.1 Å². The molecule has 2 aromatic rings. The van der Waals surface area contributed by atoms with Crippen LogP contribution < -0.4 is 14.4 Å². The molecular formula is C21H25N3O5. The molecule has 0 aromatic heterocycles. The molecule has 154 valence electrons. The van der Waals surface area contributed by atoms with E-state index in [9.17, 15) is 14.9 Å². The highest BCUT2D eigenvalue weighted by molar-refractivity contribution is 5.94. The number of rotatable bonds is 9. The molecule has 0 N–H and O–H groups in total. The topological polar surface area (TPSA) is 85.2 Å². The Bertz CT molecular complexity index is 880. The van der Waals surface area contributed by atoms with Gasteiger partial charge in [0.15, 0.2) is 0 Å². The molecule has 0 aliphatic heterocycles. The van der Waals surface area contributed by atoms with E-state index in [4.69, 9.17) is 9.47 Å². The summed E-state index contributed by atoms with van der Waals surface area (Å²) in [6.45, 7) is 0.823. The first-order valence-corrected chi connectivity index (χ1v) is 9.39. The summed E-state index contributed by atoms with van der Waals surface area (Å²) in [5, 5.41) is 10.8. The maximum atomic E-state index is 12.9. The highest BCUT2D eigenvalue weighted by Crippen LogP contribution is 2.32. The second-order valence-electron chi connectivity index (χ2n) is 7.04. The van der Waals surface area contributed by atoms with Crippen LogP contribution in [0.15, 0.2) is 42.5 Å². The smallest absolute Gasteiger partial charge is 0.269 e. The monoisotopic (exact) mass is 399 g/mol. The van der Waals surface area contributed by atoms with E-state index in [1.165, 1.54) is 17.0 Å².